The van der Waals surface area contributed by atoms with Crippen LogP contribution in [0, 0.1) is 5.92 Å². The van der Waals surface area contributed by atoms with Gasteiger partial charge in [-0.3, -0.25) is 14.6 Å². The molecule has 1 aliphatic rings. The molecule has 0 spiro atoms. The van der Waals surface area contributed by atoms with Crippen LogP contribution in [0.3, 0.4) is 0 Å². The van der Waals surface area contributed by atoms with Crippen molar-refractivity contribution in [1.82, 2.24) is 9.88 Å². The number of likely N-dealkylation sites (tertiary alicyclic amines) is 1. The molecule has 0 aliphatic carbocycles. The van der Waals surface area contributed by atoms with Crippen molar-refractivity contribution in [3.63, 3.8) is 0 Å². The number of thioether (sulfide) groups is 1. The number of halogens is 3. The van der Waals surface area contributed by atoms with E-state index in [1.54, 1.807) is 4.90 Å². The van der Waals surface area contributed by atoms with E-state index in [1.165, 1.54) is 24.8 Å². The Hall–Kier alpha value is -1.57. The summed E-state index contributed by atoms with van der Waals surface area (Å²) in [5, 5.41) is 0.00954. The van der Waals surface area contributed by atoms with Gasteiger partial charge < -0.3 is 4.90 Å². The molecule has 1 aliphatic heterocycles. The highest BCUT2D eigenvalue weighted by Gasteiger charge is 2.32. The highest BCUT2D eigenvalue weighted by Crippen LogP contribution is 2.29. The Bertz CT molecular complexity index is 560. The van der Waals surface area contributed by atoms with Gasteiger partial charge in [0.25, 0.3) is 0 Å². The van der Waals surface area contributed by atoms with Crippen LogP contribution in [0.25, 0.3) is 0 Å². The molecule has 1 aromatic heterocycles. The van der Waals surface area contributed by atoms with Gasteiger partial charge in [-0.25, -0.2) is 0 Å². The number of carbonyl (C=O) groups is 2. The lowest BCUT2D eigenvalue weighted by atomic mass is 10.1. The van der Waals surface area contributed by atoms with Crippen molar-refractivity contribution in [1.29, 1.82) is 0 Å². The molecular formula is C14H15F3N2O2S. The van der Waals surface area contributed by atoms with Crippen LogP contribution < -0.4 is 0 Å². The predicted octanol–water partition coefficient (Wildman–Crippen LogP) is 2.73. The van der Waals surface area contributed by atoms with Crippen LogP contribution in [0.15, 0.2) is 18.3 Å². The van der Waals surface area contributed by atoms with Crippen molar-refractivity contribution in [2.24, 2.45) is 5.92 Å². The van der Waals surface area contributed by atoms with Gasteiger partial charge in [0.05, 0.1) is 17.8 Å². The Morgan fingerprint density at radius 2 is 2.18 bits per heavy atom. The highest BCUT2D eigenvalue weighted by atomic mass is 32.2. The van der Waals surface area contributed by atoms with E-state index in [0.29, 0.717) is 24.4 Å². The van der Waals surface area contributed by atoms with Crippen molar-refractivity contribution >= 4 is 22.8 Å². The summed E-state index contributed by atoms with van der Waals surface area (Å²) in [5.41, 5.74) is -0.388. The molecule has 8 heteroatoms. The van der Waals surface area contributed by atoms with Crippen LogP contribution in [0.2, 0.25) is 0 Å². The van der Waals surface area contributed by atoms with E-state index in [0.717, 1.165) is 12.3 Å². The second-order valence-electron chi connectivity index (χ2n) is 5.18. The van der Waals surface area contributed by atoms with E-state index in [9.17, 15) is 22.8 Å². The molecule has 0 saturated carbocycles. The molecule has 1 amide bonds. The zero-order chi connectivity index (χ0) is 16.3. The van der Waals surface area contributed by atoms with Gasteiger partial charge >= 0.3 is 6.18 Å². The molecule has 2 rings (SSSR count). The molecule has 1 aromatic rings. The quantitative estimate of drug-likeness (QED) is 0.851. The summed E-state index contributed by atoms with van der Waals surface area (Å²) in [6.07, 6.45) is -3.27. The summed E-state index contributed by atoms with van der Waals surface area (Å²) in [4.78, 5) is 28.2. The average molecular weight is 332 g/mol. The maximum absolute atomic E-state index is 12.5. The normalized spacial score (nSPS) is 18.8. The van der Waals surface area contributed by atoms with Gasteiger partial charge in [0, 0.05) is 31.8 Å². The van der Waals surface area contributed by atoms with Gasteiger partial charge in [-0.1, -0.05) is 11.8 Å². The third-order valence-electron chi connectivity index (χ3n) is 3.32. The summed E-state index contributed by atoms with van der Waals surface area (Å²) in [5.74, 6) is 0.615. The van der Waals surface area contributed by atoms with E-state index in [-0.39, 0.29) is 23.5 Å². The van der Waals surface area contributed by atoms with E-state index in [4.69, 9.17) is 0 Å². The van der Waals surface area contributed by atoms with Gasteiger partial charge in [-0.05, 0) is 18.1 Å². The highest BCUT2D eigenvalue weighted by molar-refractivity contribution is 8.13. The zero-order valence-electron chi connectivity index (χ0n) is 11.9. The fourth-order valence-corrected chi connectivity index (χ4v) is 2.93. The maximum atomic E-state index is 12.5. The minimum atomic E-state index is -4.41. The van der Waals surface area contributed by atoms with E-state index < -0.39 is 11.7 Å². The van der Waals surface area contributed by atoms with Crippen LogP contribution in [-0.4, -0.2) is 33.2 Å². The van der Waals surface area contributed by atoms with Crippen LogP contribution in [0.1, 0.15) is 24.6 Å². The summed E-state index contributed by atoms with van der Waals surface area (Å²) < 4.78 is 37.4. The van der Waals surface area contributed by atoms with Gasteiger partial charge in [0.2, 0.25) is 5.91 Å². The summed E-state index contributed by atoms with van der Waals surface area (Å²) >= 11 is 1.19. The third-order valence-corrected chi connectivity index (χ3v) is 4.37. The number of nitrogens with zero attached hydrogens (tertiary/aromatic N) is 2. The molecule has 0 radical (unpaired) electrons. The lowest BCUT2D eigenvalue weighted by Crippen LogP contribution is -2.25. The first kappa shape index (κ1) is 16.8. The Morgan fingerprint density at radius 3 is 2.73 bits per heavy atom. The Kier molecular flexibility index (Phi) is 5.10. The smallest absolute Gasteiger partial charge is 0.336 e. The molecule has 0 N–H and O–H groups in total. The summed E-state index contributed by atoms with van der Waals surface area (Å²) in [6, 6.07) is 2.25. The van der Waals surface area contributed by atoms with Crippen molar-refractivity contribution < 1.29 is 22.8 Å². The molecular weight excluding hydrogens is 317 g/mol. The van der Waals surface area contributed by atoms with Crippen LogP contribution in [-0.2, 0) is 22.3 Å². The number of rotatable bonds is 4. The first-order valence-electron chi connectivity index (χ1n) is 6.69. The first-order valence-corrected chi connectivity index (χ1v) is 7.67. The third kappa shape index (κ3) is 4.46. The maximum Gasteiger partial charge on any atom is 0.417 e. The minimum Gasteiger partial charge on any atom is -0.336 e. The molecule has 2 heterocycles. The largest absolute Gasteiger partial charge is 0.417 e. The second kappa shape index (κ2) is 6.68. The van der Waals surface area contributed by atoms with Crippen molar-refractivity contribution in [2.75, 3.05) is 12.3 Å². The van der Waals surface area contributed by atoms with Crippen molar-refractivity contribution in [2.45, 2.75) is 26.1 Å². The molecule has 22 heavy (non-hydrogen) atoms. The van der Waals surface area contributed by atoms with Gasteiger partial charge in [0.15, 0.2) is 5.12 Å². The van der Waals surface area contributed by atoms with Gasteiger partial charge in [-0.2, -0.15) is 13.2 Å². The number of hydrogen-bond acceptors (Lipinski definition) is 4. The fourth-order valence-electron chi connectivity index (χ4n) is 2.23. The molecule has 0 aromatic carbocycles. The molecule has 1 atom stereocenters. The molecule has 0 bridgehead atoms. The average Bonchev–Trinajstić information content (AvgIpc) is 2.77. The standard InChI is InChI=1S/C14H15F3N2O2S/c1-9(20)22-8-10-4-13(21)19(6-10)7-12-3-2-11(5-18-12)14(15,16)17/h2-3,5,10H,4,6-8H2,1H3. The summed E-state index contributed by atoms with van der Waals surface area (Å²) in [6.45, 7) is 2.17. The molecule has 1 saturated heterocycles. The van der Waals surface area contributed by atoms with Gasteiger partial charge in [0.1, 0.15) is 0 Å². The Morgan fingerprint density at radius 1 is 1.45 bits per heavy atom. The van der Waals surface area contributed by atoms with E-state index in [2.05, 4.69) is 4.98 Å². The number of pyridine rings is 1. The van der Waals surface area contributed by atoms with Crippen molar-refractivity contribution in [3.8, 4) is 0 Å². The lowest BCUT2D eigenvalue weighted by Gasteiger charge is -2.16. The van der Waals surface area contributed by atoms with Gasteiger partial charge in [-0.15, -0.1) is 0 Å². The van der Waals surface area contributed by atoms with Crippen LogP contribution in [0.5, 0.6) is 0 Å². The summed E-state index contributed by atoms with van der Waals surface area (Å²) in [7, 11) is 0. The number of carbonyl (C=O) groups excluding carboxylic acids is 2. The topological polar surface area (TPSA) is 50.3 Å². The lowest BCUT2D eigenvalue weighted by molar-refractivity contribution is -0.138. The molecule has 4 nitrogen and oxygen atoms in total. The monoisotopic (exact) mass is 332 g/mol. The Labute approximate surface area is 130 Å². The SMILES string of the molecule is CC(=O)SCC1CC(=O)N(Cc2ccc(C(F)(F)F)cn2)C1. The Balaban J connectivity index is 1.93. The number of alkyl halides is 3. The van der Waals surface area contributed by atoms with Crippen molar-refractivity contribution in [3.05, 3.63) is 29.6 Å². The first-order chi connectivity index (χ1) is 10.3. The van der Waals surface area contributed by atoms with E-state index in [1.807, 2.05) is 0 Å². The molecule has 1 fully saturated rings. The number of amides is 1. The fraction of sp³-hybridized carbons (Fsp3) is 0.500. The molecule has 120 valence electrons. The van der Waals surface area contributed by atoms with Crippen LogP contribution >= 0.6 is 11.8 Å². The number of hydrogen-bond donors (Lipinski definition) is 0. The van der Waals surface area contributed by atoms with E-state index >= 15 is 0 Å². The molecule has 1 unspecified atom stereocenters. The number of aromatic nitrogens is 1. The zero-order valence-corrected chi connectivity index (χ0v) is 12.7. The second-order valence-corrected chi connectivity index (χ2v) is 6.38. The predicted molar refractivity (Wildman–Crippen MR) is 75.9 cm³/mol. The van der Waals surface area contributed by atoms with Crippen LogP contribution in [0.4, 0.5) is 13.2 Å². The minimum absolute atomic E-state index is 0.00954.